The van der Waals surface area contributed by atoms with E-state index in [4.69, 9.17) is 10.5 Å². The lowest BCUT2D eigenvalue weighted by atomic mass is 10.1. The van der Waals surface area contributed by atoms with Crippen molar-refractivity contribution in [3.8, 4) is 0 Å². The zero-order valence-corrected chi connectivity index (χ0v) is 14.0. The summed E-state index contributed by atoms with van der Waals surface area (Å²) < 4.78 is 43.1. The molecule has 0 aliphatic heterocycles. The lowest BCUT2D eigenvalue weighted by Crippen LogP contribution is -2.30. The highest BCUT2D eigenvalue weighted by Crippen LogP contribution is 2.30. The first kappa shape index (κ1) is 20.0. The Morgan fingerprint density at radius 3 is 2.19 bits per heavy atom. The number of hydrogen-bond donors (Lipinski definition) is 2. The fourth-order valence-electron chi connectivity index (χ4n) is 2.07. The predicted octanol–water partition coefficient (Wildman–Crippen LogP) is 2.99. The van der Waals surface area contributed by atoms with Crippen molar-refractivity contribution in [3.05, 3.63) is 65.2 Å². The predicted molar refractivity (Wildman–Crippen MR) is 89.9 cm³/mol. The van der Waals surface area contributed by atoms with Gasteiger partial charge in [-0.05, 0) is 49.4 Å². The van der Waals surface area contributed by atoms with Crippen molar-refractivity contribution in [1.29, 1.82) is 0 Å². The maximum Gasteiger partial charge on any atom is 0.416 e. The number of hydrogen-bond acceptors (Lipinski definition) is 4. The number of ether oxygens (including phenoxy) is 1. The number of carbonyl (C=O) groups excluding carboxylic acids is 3. The van der Waals surface area contributed by atoms with Crippen LogP contribution in [0, 0.1) is 0 Å². The zero-order chi connectivity index (χ0) is 20.2. The molecule has 0 fully saturated rings. The van der Waals surface area contributed by atoms with Gasteiger partial charge in [0.15, 0.2) is 6.10 Å². The Morgan fingerprint density at radius 1 is 1.04 bits per heavy atom. The molecule has 142 valence electrons. The summed E-state index contributed by atoms with van der Waals surface area (Å²) in [6, 6.07) is 9.34. The van der Waals surface area contributed by atoms with Crippen molar-refractivity contribution in [1.82, 2.24) is 0 Å². The Hall–Kier alpha value is -3.36. The summed E-state index contributed by atoms with van der Waals surface area (Å²) in [4.78, 5) is 35.1. The molecule has 2 amide bonds. The summed E-state index contributed by atoms with van der Waals surface area (Å²) in [7, 11) is 0. The maximum atomic E-state index is 12.7. The molecule has 2 rings (SSSR count). The molecule has 6 nitrogen and oxygen atoms in total. The van der Waals surface area contributed by atoms with E-state index in [2.05, 4.69) is 5.32 Å². The van der Waals surface area contributed by atoms with E-state index < -0.39 is 35.6 Å². The number of halogens is 3. The van der Waals surface area contributed by atoms with Gasteiger partial charge in [-0.2, -0.15) is 13.2 Å². The number of nitrogens with two attached hydrogens (primary N) is 1. The molecule has 0 radical (unpaired) electrons. The van der Waals surface area contributed by atoms with Gasteiger partial charge in [-0.15, -0.1) is 0 Å². The quantitative estimate of drug-likeness (QED) is 0.779. The first-order valence-corrected chi connectivity index (χ1v) is 7.67. The fraction of sp³-hybridized carbons (Fsp3) is 0.167. The standard InChI is InChI=1S/C18H15F3N2O4/c1-10(27-17(26)12-7-5-11(6-8-12)15(22)24)16(25)23-14-4-2-3-13(9-14)18(19,20)21/h2-10H,1H3,(H2,22,24)(H,23,25). The van der Waals surface area contributed by atoms with E-state index in [0.29, 0.717) is 0 Å². The van der Waals surface area contributed by atoms with Crippen LogP contribution in [0.5, 0.6) is 0 Å². The van der Waals surface area contributed by atoms with Gasteiger partial charge in [-0.1, -0.05) is 6.07 Å². The summed E-state index contributed by atoms with van der Waals surface area (Å²) >= 11 is 0. The first-order chi connectivity index (χ1) is 12.6. The maximum absolute atomic E-state index is 12.7. The van der Waals surface area contributed by atoms with E-state index in [9.17, 15) is 27.6 Å². The van der Waals surface area contributed by atoms with Crippen LogP contribution in [0.15, 0.2) is 48.5 Å². The van der Waals surface area contributed by atoms with Gasteiger partial charge in [0.1, 0.15) is 0 Å². The molecule has 1 atom stereocenters. The van der Waals surface area contributed by atoms with Crippen LogP contribution in [0.4, 0.5) is 18.9 Å². The minimum absolute atomic E-state index is 0.0801. The lowest BCUT2D eigenvalue weighted by Gasteiger charge is -2.14. The molecule has 9 heteroatoms. The van der Waals surface area contributed by atoms with Crippen molar-refractivity contribution in [2.45, 2.75) is 19.2 Å². The van der Waals surface area contributed by atoms with Crippen molar-refractivity contribution in [3.63, 3.8) is 0 Å². The Bertz CT molecular complexity index is 864. The average molecular weight is 380 g/mol. The summed E-state index contributed by atoms with van der Waals surface area (Å²) in [5.41, 5.74) is 4.37. The molecule has 2 aromatic carbocycles. The molecule has 0 bridgehead atoms. The lowest BCUT2D eigenvalue weighted by molar-refractivity contribution is -0.137. The van der Waals surface area contributed by atoms with Gasteiger partial charge in [0.25, 0.3) is 5.91 Å². The smallest absolute Gasteiger partial charge is 0.416 e. The first-order valence-electron chi connectivity index (χ1n) is 7.67. The molecular weight excluding hydrogens is 365 g/mol. The Labute approximate surface area is 152 Å². The number of anilines is 1. The second-order valence-corrected chi connectivity index (χ2v) is 5.56. The highest BCUT2D eigenvalue weighted by atomic mass is 19.4. The Balaban J connectivity index is 2.01. The van der Waals surface area contributed by atoms with Crippen LogP contribution < -0.4 is 11.1 Å². The third kappa shape index (κ3) is 5.30. The van der Waals surface area contributed by atoms with Gasteiger partial charge in [-0.3, -0.25) is 9.59 Å². The summed E-state index contributed by atoms with van der Waals surface area (Å²) in [5, 5.41) is 2.26. The molecule has 27 heavy (non-hydrogen) atoms. The summed E-state index contributed by atoms with van der Waals surface area (Å²) in [6.45, 7) is 1.28. The van der Waals surface area contributed by atoms with Crippen LogP contribution in [0.2, 0.25) is 0 Å². The molecule has 1 unspecified atom stereocenters. The van der Waals surface area contributed by atoms with E-state index >= 15 is 0 Å². The van der Waals surface area contributed by atoms with E-state index in [1.54, 1.807) is 0 Å². The highest BCUT2D eigenvalue weighted by Gasteiger charge is 2.30. The van der Waals surface area contributed by atoms with Gasteiger partial charge in [0.05, 0.1) is 11.1 Å². The van der Waals surface area contributed by atoms with Crippen LogP contribution in [-0.2, 0) is 15.7 Å². The van der Waals surface area contributed by atoms with Crippen LogP contribution in [-0.4, -0.2) is 23.9 Å². The van der Waals surface area contributed by atoms with Gasteiger partial charge in [0.2, 0.25) is 5.91 Å². The Kier molecular flexibility index (Phi) is 5.84. The zero-order valence-electron chi connectivity index (χ0n) is 14.0. The third-order valence-corrected chi connectivity index (χ3v) is 3.52. The second-order valence-electron chi connectivity index (χ2n) is 5.56. The molecule has 3 N–H and O–H groups in total. The second kappa shape index (κ2) is 7.90. The third-order valence-electron chi connectivity index (χ3n) is 3.52. The number of alkyl halides is 3. The van der Waals surface area contributed by atoms with E-state index in [-0.39, 0.29) is 16.8 Å². The Morgan fingerprint density at radius 2 is 1.63 bits per heavy atom. The normalized spacial score (nSPS) is 12.1. The number of carbonyl (C=O) groups is 3. The topological polar surface area (TPSA) is 98.5 Å². The van der Waals surface area contributed by atoms with Crippen LogP contribution in [0.1, 0.15) is 33.2 Å². The number of benzene rings is 2. The van der Waals surface area contributed by atoms with E-state index in [0.717, 1.165) is 18.2 Å². The summed E-state index contributed by atoms with van der Waals surface area (Å²) in [6.07, 6.45) is -5.81. The fourth-order valence-corrected chi connectivity index (χ4v) is 2.07. The number of nitrogens with one attached hydrogen (secondary N) is 1. The van der Waals surface area contributed by atoms with Crippen LogP contribution >= 0.6 is 0 Å². The highest BCUT2D eigenvalue weighted by molar-refractivity contribution is 5.98. The monoisotopic (exact) mass is 380 g/mol. The van der Waals surface area contributed by atoms with Crippen molar-refractivity contribution < 1.29 is 32.3 Å². The van der Waals surface area contributed by atoms with Gasteiger partial charge in [-0.25, -0.2) is 4.79 Å². The number of rotatable bonds is 5. The number of amides is 2. The molecule has 0 saturated heterocycles. The molecule has 0 aliphatic rings. The van der Waals surface area contributed by atoms with Crippen LogP contribution in [0.3, 0.4) is 0 Å². The van der Waals surface area contributed by atoms with E-state index in [1.807, 2.05) is 0 Å². The van der Waals surface area contributed by atoms with Gasteiger partial charge < -0.3 is 15.8 Å². The minimum atomic E-state index is -4.55. The van der Waals surface area contributed by atoms with Gasteiger partial charge >= 0.3 is 12.1 Å². The van der Waals surface area contributed by atoms with Gasteiger partial charge in [0, 0.05) is 11.3 Å². The van der Waals surface area contributed by atoms with E-state index in [1.165, 1.54) is 37.3 Å². The van der Waals surface area contributed by atoms with Crippen molar-refractivity contribution in [2.24, 2.45) is 5.73 Å². The molecule has 0 aliphatic carbocycles. The average Bonchev–Trinajstić information content (AvgIpc) is 2.61. The number of esters is 1. The molecule has 0 saturated carbocycles. The minimum Gasteiger partial charge on any atom is -0.449 e. The number of primary amides is 1. The van der Waals surface area contributed by atoms with Crippen molar-refractivity contribution in [2.75, 3.05) is 5.32 Å². The molecule has 2 aromatic rings. The molecule has 0 spiro atoms. The molecular formula is C18H15F3N2O4. The summed E-state index contributed by atoms with van der Waals surface area (Å²) in [5.74, 6) is -2.29. The largest absolute Gasteiger partial charge is 0.449 e. The van der Waals surface area contributed by atoms with Crippen molar-refractivity contribution >= 4 is 23.5 Å². The van der Waals surface area contributed by atoms with Crippen LogP contribution in [0.25, 0.3) is 0 Å². The SMILES string of the molecule is CC(OC(=O)c1ccc(C(N)=O)cc1)C(=O)Nc1cccc(C(F)(F)F)c1. The molecule has 0 heterocycles. The molecule has 0 aromatic heterocycles.